The van der Waals surface area contributed by atoms with Crippen molar-refractivity contribution in [3.8, 4) is 0 Å². The highest BCUT2D eigenvalue weighted by molar-refractivity contribution is 9.11. The zero-order chi connectivity index (χ0) is 11.5. The molecule has 0 saturated heterocycles. The Morgan fingerprint density at radius 2 is 2.12 bits per heavy atom. The summed E-state index contributed by atoms with van der Waals surface area (Å²) in [4.78, 5) is 1.31. The van der Waals surface area contributed by atoms with Crippen LogP contribution in [0.2, 0.25) is 5.02 Å². The minimum absolute atomic E-state index is 0.780. The van der Waals surface area contributed by atoms with E-state index < -0.39 is 0 Å². The number of halogens is 2. The minimum atomic E-state index is 0.780. The molecule has 1 aromatic carbocycles. The fraction of sp³-hybridized carbons (Fsp3) is 0.167. The van der Waals surface area contributed by atoms with Crippen LogP contribution in [0.5, 0.6) is 0 Å². The van der Waals surface area contributed by atoms with E-state index in [1.54, 1.807) is 11.3 Å². The van der Waals surface area contributed by atoms with E-state index >= 15 is 0 Å². The fourth-order valence-electron chi connectivity index (χ4n) is 1.45. The highest BCUT2D eigenvalue weighted by Gasteiger charge is 2.00. The number of anilines is 1. The monoisotopic (exact) mass is 315 g/mol. The second-order valence-electron chi connectivity index (χ2n) is 3.52. The van der Waals surface area contributed by atoms with Gasteiger partial charge in [0.1, 0.15) is 0 Å². The average Bonchev–Trinajstić information content (AvgIpc) is 2.63. The maximum Gasteiger partial charge on any atom is 0.0702 e. The quantitative estimate of drug-likeness (QED) is 0.832. The van der Waals surface area contributed by atoms with Crippen molar-refractivity contribution in [3.05, 3.63) is 49.6 Å². The van der Waals surface area contributed by atoms with Gasteiger partial charge in [-0.1, -0.05) is 11.6 Å². The molecule has 2 aromatic rings. The van der Waals surface area contributed by atoms with Crippen LogP contribution in [0.25, 0.3) is 0 Å². The Labute approximate surface area is 113 Å². The van der Waals surface area contributed by atoms with Crippen LogP contribution in [-0.2, 0) is 6.54 Å². The SMILES string of the molecule is Cc1cc(Cl)ccc1NCc1ccc(Br)s1. The molecule has 0 aliphatic rings. The third kappa shape index (κ3) is 3.00. The van der Waals surface area contributed by atoms with Crippen molar-refractivity contribution in [2.24, 2.45) is 0 Å². The maximum atomic E-state index is 5.91. The smallest absolute Gasteiger partial charge is 0.0702 e. The molecule has 0 aliphatic carbocycles. The van der Waals surface area contributed by atoms with Gasteiger partial charge in [-0.25, -0.2) is 0 Å². The summed E-state index contributed by atoms with van der Waals surface area (Å²) in [6.45, 7) is 2.90. The Morgan fingerprint density at radius 1 is 1.31 bits per heavy atom. The molecule has 0 saturated carbocycles. The van der Waals surface area contributed by atoms with Crippen LogP contribution in [0.3, 0.4) is 0 Å². The summed E-state index contributed by atoms with van der Waals surface area (Å²) in [5, 5.41) is 4.18. The molecular weight excluding hydrogens is 306 g/mol. The van der Waals surface area contributed by atoms with Crippen LogP contribution in [0.1, 0.15) is 10.4 Å². The zero-order valence-corrected chi connectivity index (χ0v) is 11.9. The molecule has 0 bridgehead atoms. The molecule has 0 fully saturated rings. The summed E-state index contributed by atoms with van der Waals surface area (Å²) in [6, 6.07) is 10.1. The second-order valence-corrected chi connectivity index (χ2v) is 6.50. The lowest BCUT2D eigenvalue weighted by Gasteiger charge is -2.08. The van der Waals surface area contributed by atoms with Gasteiger partial charge in [-0.05, 0) is 58.7 Å². The second kappa shape index (κ2) is 5.21. The molecule has 1 aromatic heterocycles. The Morgan fingerprint density at radius 3 is 2.75 bits per heavy atom. The lowest BCUT2D eigenvalue weighted by atomic mass is 10.2. The van der Waals surface area contributed by atoms with Crippen LogP contribution < -0.4 is 5.32 Å². The predicted molar refractivity (Wildman–Crippen MR) is 75.5 cm³/mol. The van der Waals surface area contributed by atoms with E-state index in [1.165, 1.54) is 10.4 Å². The predicted octanol–water partition coefficient (Wildman–Crippen LogP) is 5.08. The fourth-order valence-corrected chi connectivity index (χ4v) is 3.10. The zero-order valence-electron chi connectivity index (χ0n) is 8.76. The third-order valence-corrected chi connectivity index (χ3v) is 4.13. The van der Waals surface area contributed by atoms with Gasteiger partial charge in [-0.2, -0.15) is 0 Å². The number of benzene rings is 1. The minimum Gasteiger partial charge on any atom is -0.380 e. The molecule has 0 atom stereocenters. The summed E-state index contributed by atoms with van der Waals surface area (Å²) in [7, 11) is 0. The number of rotatable bonds is 3. The lowest BCUT2D eigenvalue weighted by molar-refractivity contribution is 1.18. The van der Waals surface area contributed by atoms with Gasteiger partial charge in [0.2, 0.25) is 0 Å². The van der Waals surface area contributed by atoms with Gasteiger partial charge in [0.05, 0.1) is 3.79 Å². The van der Waals surface area contributed by atoms with Crippen LogP contribution in [0.15, 0.2) is 34.1 Å². The molecule has 0 spiro atoms. The van der Waals surface area contributed by atoms with Gasteiger partial charge in [-0.3, -0.25) is 0 Å². The first-order valence-corrected chi connectivity index (χ1v) is 6.88. The van der Waals surface area contributed by atoms with Crippen molar-refractivity contribution in [2.45, 2.75) is 13.5 Å². The largest absolute Gasteiger partial charge is 0.380 e. The number of aryl methyl sites for hydroxylation is 1. The van der Waals surface area contributed by atoms with Crippen molar-refractivity contribution >= 4 is 44.6 Å². The Balaban J connectivity index is 2.04. The van der Waals surface area contributed by atoms with Gasteiger partial charge in [0.25, 0.3) is 0 Å². The van der Waals surface area contributed by atoms with Crippen molar-refractivity contribution < 1.29 is 0 Å². The number of nitrogens with one attached hydrogen (secondary N) is 1. The van der Waals surface area contributed by atoms with Gasteiger partial charge < -0.3 is 5.32 Å². The lowest BCUT2D eigenvalue weighted by Crippen LogP contribution is -1.98. The molecule has 2 rings (SSSR count). The average molecular weight is 317 g/mol. The highest BCUT2D eigenvalue weighted by Crippen LogP contribution is 2.24. The van der Waals surface area contributed by atoms with E-state index in [4.69, 9.17) is 11.6 Å². The van der Waals surface area contributed by atoms with Gasteiger partial charge in [0.15, 0.2) is 0 Å². The molecule has 1 nitrogen and oxygen atoms in total. The van der Waals surface area contributed by atoms with Crippen LogP contribution in [-0.4, -0.2) is 0 Å². The van der Waals surface area contributed by atoms with Gasteiger partial charge in [-0.15, -0.1) is 11.3 Å². The van der Waals surface area contributed by atoms with Crippen LogP contribution in [0, 0.1) is 6.92 Å². The van der Waals surface area contributed by atoms with Crippen LogP contribution >= 0.6 is 38.9 Å². The molecule has 84 valence electrons. The molecule has 0 unspecified atom stereocenters. The van der Waals surface area contributed by atoms with E-state index in [1.807, 2.05) is 18.2 Å². The molecule has 0 amide bonds. The third-order valence-electron chi connectivity index (χ3n) is 2.27. The summed E-state index contributed by atoms with van der Waals surface area (Å²) < 4.78 is 1.16. The molecule has 1 N–H and O–H groups in total. The Hall–Kier alpha value is -0.510. The summed E-state index contributed by atoms with van der Waals surface area (Å²) in [5.74, 6) is 0. The standard InChI is InChI=1S/C12H11BrClNS/c1-8-6-9(14)2-4-11(8)15-7-10-3-5-12(13)16-10/h2-6,15H,7H2,1H3. The summed E-state index contributed by atoms with van der Waals surface area (Å²) in [5.41, 5.74) is 2.30. The normalized spacial score (nSPS) is 10.4. The van der Waals surface area contributed by atoms with Crippen molar-refractivity contribution in [3.63, 3.8) is 0 Å². The van der Waals surface area contributed by atoms with Crippen molar-refractivity contribution in [1.29, 1.82) is 0 Å². The van der Waals surface area contributed by atoms with Crippen molar-refractivity contribution in [1.82, 2.24) is 0 Å². The molecule has 0 aliphatic heterocycles. The van der Waals surface area contributed by atoms with E-state index in [-0.39, 0.29) is 0 Å². The summed E-state index contributed by atoms with van der Waals surface area (Å²) >= 11 is 11.1. The van der Waals surface area contributed by atoms with E-state index in [0.29, 0.717) is 0 Å². The van der Waals surface area contributed by atoms with Crippen molar-refractivity contribution in [2.75, 3.05) is 5.32 Å². The molecule has 0 radical (unpaired) electrons. The first kappa shape index (κ1) is 12.0. The van der Waals surface area contributed by atoms with E-state index in [9.17, 15) is 0 Å². The first-order valence-electron chi connectivity index (χ1n) is 4.89. The first-order chi connectivity index (χ1) is 7.65. The van der Waals surface area contributed by atoms with E-state index in [2.05, 4.69) is 40.3 Å². The van der Waals surface area contributed by atoms with E-state index in [0.717, 1.165) is 21.0 Å². The Kier molecular flexibility index (Phi) is 3.90. The molecule has 16 heavy (non-hydrogen) atoms. The molecule has 1 heterocycles. The van der Waals surface area contributed by atoms with Crippen LogP contribution in [0.4, 0.5) is 5.69 Å². The molecule has 4 heteroatoms. The Bertz CT molecular complexity index is 496. The molecular formula is C12H11BrClNS. The van der Waals surface area contributed by atoms with Gasteiger partial charge in [0, 0.05) is 22.1 Å². The highest BCUT2D eigenvalue weighted by atomic mass is 79.9. The topological polar surface area (TPSA) is 12.0 Å². The number of hydrogen-bond acceptors (Lipinski definition) is 2. The summed E-state index contributed by atoms with van der Waals surface area (Å²) in [6.07, 6.45) is 0. The van der Waals surface area contributed by atoms with Gasteiger partial charge >= 0.3 is 0 Å². The number of hydrogen-bond donors (Lipinski definition) is 1. The maximum absolute atomic E-state index is 5.91. The number of thiophene rings is 1.